The molecule has 2 N–H and O–H groups in total. The molecule has 4 nitrogen and oxygen atoms in total. The first kappa shape index (κ1) is 13.2. The molecule has 0 amide bonds. The highest BCUT2D eigenvalue weighted by Crippen LogP contribution is 2.24. The lowest BCUT2D eigenvalue weighted by Crippen LogP contribution is -2.01. The highest BCUT2D eigenvalue weighted by atomic mass is 19.1. The molecule has 0 saturated heterocycles. The Kier molecular flexibility index (Phi) is 3.31. The maximum atomic E-state index is 13.0. The number of ether oxygens (including phenoxy) is 1. The zero-order valence-corrected chi connectivity index (χ0v) is 11.5. The predicted molar refractivity (Wildman–Crippen MR) is 79.9 cm³/mol. The van der Waals surface area contributed by atoms with Crippen LogP contribution in [-0.4, -0.2) is 16.9 Å². The van der Waals surface area contributed by atoms with E-state index in [1.807, 2.05) is 24.3 Å². The molecule has 0 unspecified atom stereocenters. The first-order chi connectivity index (χ1) is 10.2. The van der Waals surface area contributed by atoms with Gasteiger partial charge in [0.1, 0.15) is 17.4 Å². The molecule has 0 aliphatic heterocycles. The second-order valence-corrected chi connectivity index (χ2v) is 4.57. The van der Waals surface area contributed by atoms with Gasteiger partial charge >= 0.3 is 0 Å². The summed E-state index contributed by atoms with van der Waals surface area (Å²) >= 11 is 0. The maximum absolute atomic E-state index is 13.0. The van der Waals surface area contributed by atoms with Gasteiger partial charge in [0.2, 0.25) is 0 Å². The predicted octanol–water partition coefficient (Wildman–Crippen LogP) is 3.27. The first-order valence-corrected chi connectivity index (χ1v) is 6.43. The fourth-order valence-corrected chi connectivity index (χ4v) is 2.09. The number of anilines is 1. The van der Waals surface area contributed by atoms with Crippen molar-refractivity contribution in [3.05, 3.63) is 60.4 Å². The van der Waals surface area contributed by atoms with Crippen LogP contribution in [0.2, 0.25) is 0 Å². The number of nitrogen functional groups attached to an aromatic ring is 1. The molecule has 1 heterocycles. The van der Waals surface area contributed by atoms with Crippen molar-refractivity contribution in [3.63, 3.8) is 0 Å². The third-order valence-corrected chi connectivity index (χ3v) is 3.19. The molecule has 0 aliphatic rings. The second-order valence-electron chi connectivity index (χ2n) is 4.57. The molecule has 5 heteroatoms. The molecule has 0 saturated carbocycles. The summed E-state index contributed by atoms with van der Waals surface area (Å²) in [6, 6.07) is 15.4. The summed E-state index contributed by atoms with van der Waals surface area (Å²) in [5.41, 5.74) is 8.39. The highest BCUT2D eigenvalue weighted by Gasteiger charge is 2.09. The molecule has 0 spiro atoms. The topological polar surface area (TPSA) is 53.1 Å². The van der Waals surface area contributed by atoms with Crippen LogP contribution in [-0.2, 0) is 0 Å². The van der Waals surface area contributed by atoms with E-state index < -0.39 is 0 Å². The van der Waals surface area contributed by atoms with Gasteiger partial charge in [0.15, 0.2) is 0 Å². The third kappa shape index (κ3) is 2.58. The van der Waals surface area contributed by atoms with E-state index in [2.05, 4.69) is 5.10 Å². The van der Waals surface area contributed by atoms with Crippen molar-refractivity contribution in [2.45, 2.75) is 0 Å². The zero-order chi connectivity index (χ0) is 14.8. The van der Waals surface area contributed by atoms with Crippen molar-refractivity contribution in [1.29, 1.82) is 0 Å². The van der Waals surface area contributed by atoms with Gasteiger partial charge in [-0.3, -0.25) is 0 Å². The average molecular weight is 283 g/mol. The number of methoxy groups -OCH3 is 1. The number of hydrogen-bond acceptors (Lipinski definition) is 3. The number of aromatic nitrogens is 2. The van der Waals surface area contributed by atoms with E-state index in [1.165, 1.54) is 12.1 Å². The van der Waals surface area contributed by atoms with E-state index in [0.717, 1.165) is 17.0 Å². The van der Waals surface area contributed by atoms with Gasteiger partial charge in [0.05, 0.1) is 18.5 Å². The number of nitrogens with zero attached hydrogens (tertiary/aromatic N) is 2. The summed E-state index contributed by atoms with van der Waals surface area (Å²) in [6.45, 7) is 0. The van der Waals surface area contributed by atoms with Gasteiger partial charge in [0, 0.05) is 11.6 Å². The molecule has 21 heavy (non-hydrogen) atoms. The molecule has 0 fully saturated rings. The Bertz CT molecular complexity index is 748. The quantitative estimate of drug-likeness (QED) is 0.802. The first-order valence-electron chi connectivity index (χ1n) is 6.43. The van der Waals surface area contributed by atoms with Crippen LogP contribution in [0.4, 0.5) is 10.2 Å². The lowest BCUT2D eigenvalue weighted by molar-refractivity contribution is 0.415. The number of rotatable bonds is 3. The smallest absolute Gasteiger partial charge is 0.127 e. The molecule has 2 aromatic carbocycles. The Hall–Kier alpha value is -2.82. The van der Waals surface area contributed by atoms with Gasteiger partial charge in [0.25, 0.3) is 0 Å². The largest absolute Gasteiger partial charge is 0.497 e. The molecule has 3 rings (SSSR count). The number of halogens is 1. The Morgan fingerprint density at radius 1 is 1.05 bits per heavy atom. The second kappa shape index (κ2) is 5.28. The molecular formula is C16H14FN3O. The minimum Gasteiger partial charge on any atom is -0.497 e. The molecule has 3 aromatic rings. The van der Waals surface area contributed by atoms with Gasteiger partial charge in [-0.2, -0.15) is 5.10 Å². The standard InChI is InChI=1S/C16H14FN3O/c1-21-14-8-2-11(3-9-14)15-10-16(18)20(19-15)13-6-4-12(17)5-7-13/h2-10H,18H2,1H3. The minimum absolute atomic E-state index is 0.292. The molecular weight excluding hydrogens is 269 g/mol. The van der Waals surface area contributed by atoms with Gasteiger partial charge in [-0.1, -0.05) is 0 Å². The lowest BCUT2D eigenvalue weighted by atomic mass is 10.1. The van der Waals surface area contributed by atoms with Crippen LogP contribution in [0.15, 0.2) is 54.6 Å². The molecule has 106 valence electrons. The van der Waals surface area contributed by atoms with Crippen molar-refractivity contribution in [2.24, 2.45) is 0 Å². The summed E-state index contributed by atoms with van der Waals surface area (Å²) in [5.74, 6) is 0.983. The number of benzene rings is 2. The van der Waals surface area contributed by atoms with Gasteiger partial charge in [-0.25, -0.2) is 9.07 Å². The van der Waals surface area contributed by atoms with Gasteiger partial charge < -0.3 is 10.5 Å². The van der Waals surface area contributed by atoms with Crippen molar-refractivity contribution in [2.75, 3.05) is 12.8 Å². The molecule has 1 aromatic heterocycles. The van der Waals surface area contributed by atoms with Crippen LogP contribution in [0.1, 0.15) is 0 Å². The van der Waals surface area contributed by atoms with Crippen LogP contribution in [0, 0.1) is 5.82 Å². The summed E-state index contributed by atoms with van der Waals surface area (Å²) in [4.78, 5) is 0. The number of hydrogen-bond donors (Lipinski definition) is 1. The lowest BCUT2D eigenvalue weighted by Gasteiger charge is -2.03. The summed E-state index contributed by atoms with van der Waals surface area (Å²) in [5, 5.41) is 4.46. The zero-order valence-electron chi connectivity index (χ0n) is 11.5. The van der Waals surface area contributed by atoms with Gasteiger partial charge in [-0.05, 0) is 48.5 Å². The molecule has 0 bridgehead atoms. The van der Waals surface area contributed by atoms with E-state index in [0.29, 0.717) is 11.5 Å². The summed E-state index contributed by atoms with van der Waals surface area (Å²) in [7, 11) is 1.62. The fraction of sp³-hybridized carbons (Fsp3) is 0.0625. The molecule has 0 atom stereocenters. The Morgan fingerprint density at radius 3 is 2.33 bits per heavy atom. The number of nitrogens with two attached hydrogens (primary N) is 1. The van der Waals surface area contributed by atoms with Crippen LogP contribution < -0.4 is 10.5 Å². The van der Waals surface area contributed by atoms with Crippen LogP contribution in [0.25, 0.3) is 16.9 Å². The van der Waals surface area contributed by atoms with Crippen molar-refractivity contribution >= 4 is 5.82 Å². The van der Waals surface area contributed by atoms with Crippen LogP contribution in [0.3, 0.4) is 0 Å². The monoisotopic (exact) mass is 283 g/mol. The van der Waals surface area contributed by atoms with Crippen LogP contribution in [0.5, 0.6) is 5.75 Å². The van der Waals surface area contributed by atoms with Crippen molar-refractivity contribution < 1.29 is 9.13 Å². The van der Waals surface area contributed by atoms with E-state index in [1.54, 1.807) is 30.0 Å². The maximum Gasteiger partial charge on any atom is 0.127 e. The normalized spacial score (nSPS) is 10.6. The van der Waals surface area contributed by atoms with Crippen LogP contribution >= 0.6 is 0 Å². The Morgan fingerprint density at radius 2 is 1.71 bits per heavy atom. The summed E-state index contributed by atoms with van der Waals surface area (Å²) < 4.78 is 19.7. The van der Waals surface area contributed by atoms with E-state index in [-0.39, 0.29) is 5.82 Å². The molecule has 0 aliphatic carbocycles. The minimum atomic E-state index is -0.292. The van der Waals surface area contributed by atoms with Crippen molar-refractivity contribution in [3.8, 4) is 22.7 Å². The fourth-order valence-electron chi connectivity index (χ4n) is 2.09. The van der Waals surface area contributed by atoms with Gasteiger partial charge in [-0.15, -0.1) is 0 Å². The highest BCUT2D eigenvalue weighted by molar-refractivity contribution is 5.64. The van der Waals surface area contributed by atoms with E-state index in [9.17, 15) is 4.39 Å². The SMILES string of the molecule is COc1ccc(-c2cc(N)n(-c3ccc(F)cc3)n2)cc1. The third-order valence-electron chi connectivity index (χ3n) is 3.19. The van der Waals surface area contributed by atoms with Crippen molar-refractivity contribution in [1.82, 2.24) is 9.78 Å². The Labute approximate surface area is 121 Å². The average Bonchev–Trinajstić information content (AvgIpc) is 2.90. The Balaban J connectivity index is 1.98. The van der Waals surface area contributed by atoms with E-state index in [4.69, 9.17) is 10.5 Å². The summed E-state index contributed by atoms with van der Waals surface area (Å²) in [6.07, 6.45) is 0. The molecule has 0 radical (unpaired) electrons. The van der Waals surface area contributed by atoms with E-state index >= 15 is 0 Å².